The van der Waals surface area contributed by atoms with E-state index in [9.17, 15) is 5.11 Å². The minimum Gasteiger partial charge on any atom is -0.393 e. The molecule has 0 aromatic heterocycles. The van der Waals surface area contributed by atoms with Crippen molar-refractivity contribution in [3.8, 4) is 0 Å². The van der Waals surface area contributed by atoms with Gasteiger partial charge in [-0.15, -0.1) is 0 Å². The molecule has 2 heteroatoms. The molecule has 2 nitrogen and oxygen atoms in total. The second-order valence-corrected chi connectivity index (χ2v) is 5.64. The Balaban J connectivity index is 1.71. The van der Waals surface area contributed by atoms with Crippen LogP contribution in [-0.2, 0) is 0 Å². The summed E-state index contributed by atoms with van der Waals surface area (Å²) in [4.78, 5) is 0. The van der Waals surface area contributed by atoms with E-state index in [1.807, 2.05) is 0 Å². The molecule has 2 N–H and O–H groups in total. The van der Waals surface area contributed by atoms with Crippen LogP contribution in [0.3, 0.4) is 0 Å². The van der Waals surface area contributed by atoms with Gasteiger partial charge in [0.2, 0.25) is 0 Å². The lowest BCUT2D eigenvalue weighted by Crippen LogP contribution is -2.43. The topological polar surface area (TPSA) is 32.3 Å². The standard InChI is InChI=1S/C13H25NO/c1-10-3-2-4-12(9-10)14-11-5-7-13(15)8-6-11/h10-15H,2-9H2,1H3/t10-,11?,12-,13?/m0/s1. The van der Waals surface area contributed by atoms with E-state index in [-0.39, 0.29) is 6.10 Å². The lowest BCUT2D eigenvalue weighted by Gasteiger charge is -2.34. The maximum absolute atomic E-state index is 9.45. The Morgan fingerprint density at radius 1 is 0.933 bits per heavy atom. The summed E-state index contributed by atoms with van der Waals surface area (Å²) in [5, 5.41) is 13.2. The summed E-state index contributed by atoms with van der Waals surface area (Å²) in [6.07, 6.45) is 9.87. The maximum atomic E-state index is 9.45. The number of hydrogen-bond donors (Lipinski definition) is 2. The Kier molecular flexibility index (Phi) is 4.04. The summed E-state index contributed by atoms with van der Waals surface area (Å²) < 4.78 is 0. The van der Waals surface area contributed by atoms with Crippen molar-refractivity contribution in [1.29, 1.82) is 0 Å². The number of aliphatic hydroxyl groups excluding tert-OH is 1. The zero-order valence-electron chi connectivity index (χ0n) is 9.91. The second kappa shape index (κ2) is 5.31. The largest absolute Gasteiger partial charge is 0.393 e. The van der Waals surface area contributed by atoms with E-state index in [1.54, 1.807) is 0 Å². The molecule has 0 spiro atoms. The molecule has 0 aliphatic heterocycles. The van der Waals surface area contributed by atoms with E-state index >= 15 is 0 Å². The van der Waals surface area contributed by atoms with Crippen LogP contribution >= 0.6 is 0 Å². The highest BCUT2D eigenvalue weighted by atomic mass is 16.3. The normalized spacial score (nSPS) is 42.8. The van der Waals surface area contributed by atoms with Crippen LogP contribution in [0, 0.1) is 5.92 Å². The van der Waals surface area contributed by atoms with Crippen LogP contribution in [0.4, 0.5) is 0 Å². The third-order valence-electron chi connectivity index (χ3n) is 4.10. The van der Waals surface area contributed by atoms with Gasteiger partial charge in [-0.25, -0.2) is 0 Å². The number of aliphatic hydroxyl groups is 1. The van der Waals surface area contributed by atoms with Gasteiger partial charge in [-0.1, -0.05) is 19.8 Å². The van der Waals surface area contributed by atoms with Crippen LogP contribution in [0.15, 0.2) is 0 Å². The highest BCUT2D eigenvalue weighted by molar-refractivity contribution is 4.83. The molecule has 0 saturated heterocycles. The molecule has 2 atom stereocenters. The first-order valence-corrected chi connectivity index (χ1v) is 6.68. The lowest BCUT2D eigenvalue weighted by molar-refractivity contribution is 0.111. The Morgan fingerprint density at radius 2 is 1.67 bits per heavy atom. The van der Waals surface area contributed by atoms with Crippen molar-refractivity contribution in [2.24, 2.45) is 5.92 Å². The maximum Gasteiger partial charge on any atom is 0.0541 e. The van der Waals surface area contributed by atoms with Gasteiger partial charge in [0, 0.05) is 12.1 Å². The molecule has 2 aliphatic carbocycles. The molecule has 15 heavy (non-hydrogen) atoms. The van der Waals surface area contributed by atoms with Crippen LogP contribution in [0.5, 0.6) is 0 Å². The summed E-state index contributed by atoms with van der Waals surface area (Å²) in [5.74, 6) is 0.908. The SMILES string of the molecule is C[C@H]1CCC[C@H](NC2CCC(O)CC2)C1. The third kappa shape index (κ3) is 3.46. The van der Waals surface area contributed by atoms with Crippen LogP contribution in [-0.4, -0.2) is 23.3 Å². The van der Waals surface area contributed by atoms with Gasteiger partial charge in [-0.2, -0.15) is 0 Å². The first-order chi connectivity index (χ1) is 7.24. The van der Waals surface area contributed by atoms with E-state index in [2.05, 4.69) is 12.2 Å². The first-order valence-electron chi connectivity index (χ1n) is 6.68. The Hall–Kier alpha value is -0.0800. The van der Waals surface area contributed by atoms with Crippen molar-refractivity contribution in [3.63, 3.8) is 0 Å². The van der Waals surface area contributed by atoms with E-state index in [4.69, 9.17) is 0 Å². The molecule has 0 aromatic carbocycles. The minimum atomic E-state index is -0.0201. The van der Waals surface area contributed by atoms with Crippen molar-refractivity contribution in [2.45, 2.75) is 76.5 Å². The Morgan fingerprint density at radius 3 is 2.33 bits per heavy atom. The summed E-state index contributed by atoms with van der Waals surface area (Å²) in [6.45, 7) is 2.37. The summed E-state index contributed by atoms with van der Waals surface area (Å²) in [7, 11) is 0. The number of nitrogens with one attached hydrogen (secondary N) is 1. The van der Waals surface area contributed by atoms with Gasteiger partial charge >= 0.3 is 0 Å². The molecule has 2 saturated carbocycles. The molecule has 0 heterocycles. The fourth-order valence-electron chi connectivity index (χ4n) is 3.16. The predicted octanol–water partition coefficient (Wildman–Crippen LogP) is 2.46. The monoisotopic (exact) mass is 211 g/mol. The Bertz CT molecular complexity index is 187. The molecular formula is C13H25NO. The van der Waals surface area contributed by atoms with E-state index in [0.717, 1.165) is 24.8 Å². The smallest absolute Gasteiger partial charge is 0.0541 e. The predicted molar refractivity (Wildman–Crippen MR) is 62.8 cm³/mol. The molecular weight excluding hydrogens is 186 g/mol. The second-order valence-electron chi connectivity index (χ2n) is 5.64. The van der Waals surface area contributed by atoms with Gasteiger partial charge in [0.1, 0.15) is 0 Å². The van der Waals surface area contributed by atoms with Crippen molar-refractivity contribution in [1.82, 2.24) is 5.32 Å². The zero-order valence-corrected chi connectivity index (χ0v) is 9.91. The number of hydrogen-bond acceptors (Lipinski definition) is 2. The molecule has 2 fully saturated rings. The molecule has 0 bridgehead atoms. The average molecular weight is 211 g/mol. The van der Waals surface area contributed by atoms with Crippen LogP contribution in [0.25, 0.3) is 0 Å². The summed E-state index contributed by atoms with van der Waals surface area (Å²) in [6, 6.07) is 1.44. The van der Waals surface area contributed by atoms with Crippen molar-refractivity contribution >= 4 is 0 Å². The van der Waals surface area contributed by atoms with Gasteiger partial charge in [0.05, 0.1) is 6.10 Å². The zero-order chi connectivity index (χ0) is 10.7. The fraction of sp³-hybridized carbons (Fsp3) is 1.00. The van der Waals surface area contributed by atoms with E-state index in [1.165, 1.54) is 38.5 Å². The van der Waals surface area contributed by atoms with Gasteiger partial charge in [-0.3, -0.25) is 0 Å². The minimum absolute atomic E-state index is 0.0201. The van der Waals surface area contributed by atoms with Crippen LogP contribution < -0.4 is 5.32 Å². The number of rotatable bonds is 2. The van der Waals surface area contributed by atoms with Gasteiger partial charge in [0.25, 0.3) is 0 Å². The van der Waals surface area contributed by atoms with Crippen molar-refractivity contribution in [3.05, 3.63) is 0 Å². The van der Waals surface area contributed by atoms with Crippen LogP contribution in [0.2, 0.25) is 0 Å². The molecule has 2 aliphatic rings. The fourth-order valence-corrected chi connectivity index (χ4v) is 3.16. The molecule has 2 rings (SSSR count). The molecule has 0 aromatic rings. The Labute approximate surface area is 93.5 Å². The summed E-state index contributed by atoms with van der Waals surface area (Å²) >= 11 is 0. The summed E-state index contributed by atoms with van der Waals surface area (Å²) in [5.41, 5.74) is 0. The van der Waals surface area contributed by atoms with Gasteiger partial charge in [0.15, 0.2) is 0 Å². The average Bonchev–Trinajstić information content (AvgIpc) is 2.22. The first kappa shape index (κ1) is 11.4. The van der Waals surface area contributed by atoms with E-state index in [0.29, 0.717) is 6.04 Å². The van der Waals surface area contributed by atoms with E-state index < -0.39 is 0 Å². The quantitative estimate of drug-likeness (QED) is 0.735. The van der Waals surface area contributed by atoms with Crippen LogP contribution in [0.1, 0.15) is 58.3 Å². The van der Waals surface area contributed by atoms with Gasteiger partial charge < -0.3 is 10.4 Å². The molecule has 0 unspecified atom stereocenters. The molecule has 0 radical (unpaired) electrons. The highest BCUT2D eigenvalue weighted by Crippen LogP contribution is 2.26. The molecule has 0 amide bonds. The lowest BCUT2D eigenvalue weighted by atomic mass is 9.85. The molecule has 88 valence electrons. The third-order valence-corrected chi connectivity index (χ3v) is 4.10. The highest BCUT2D eigenvalue weighted by Gasteiger charge is 2.24. The van der Waals surface area contributed by atoms with Gasteiger partial charge in [-0.05, 0) is 44.4 Å². The van der Waals surface area contributed by atoms with Crippen molar-refractivity contribution in [2.75, 3.05) is 0 Å². The van der Waals surface area contributed by atoms with Crippen molar-refractivity contribution < 1.29 is 5.11 Å².